The number of benzene rings is 1. The van der Waals surface area contributed by atoms with Crippen LogP contribution >= 0.6 is 0 Å². The molecule has 1 heterocycles. The van der Waals surface area contributed by atoms with Crippen LogP contribution in [0.3, 0.4) is 0 Å². The van der Waals surface area contributed by atoms with Gasteiger partial charge in [0.25, 0.3) is 5.91 Å². The Balaban J connectivity index is 2.04. The zero-order chi connectivity index (χ0) is 12.1. The number of carbonyl (C=O) groups excluding carboxylic acids is 1. The van der Waals surface area contributed by atoms with Crippen LogP contribution in [0, 0.1) is 0 Å². The molecule has 1 amide bonds. The Kier molecular flexibility index (Phi) is 4.12. The average Bonchev–Trinajstić information content (AvgIpc) is 2.85. The lowest BCUT2D eigenvalue weighted by Gasteiger charge is -2.13. The van der Waals surface area contributed by atoms with Gasteiger partial charge in [0.2, 0.25) is 0 Å². The van der Waals surface area contributed by atoms with E-state index in [0.29, 0.717) is 6.61 Å². The van der Waals surface area contributed by atoms with E-state index in [1.165, 1.54) is 0 Å². The molecule has 1 fully saturated rings. The molecule has 0 aromatic heterocycles. The summed E-state index contributed by atoms with van der Waals surface area (Å²) in [6, 6.07) is 7.81. The summed E-state index contributed by atoms with van der Waals surface area (Å²) in [6.07, 6.45) is 1.51. The summed E-state index contributed by atoms with van der Waals surface area (Å²) in [7, 11) is 1.89. The molecule has 1 aromatic rings. The van der Waals surface area contributed by atoms with Crippen LogP contribution in [0.5, 0.6) is 0 Å². The van der Waals surface area contributed by atoms with Gasteiger partial charge in [-0.25, -0.2) is 0 Å². The summed E-state index contributed by atoms with van der Waals surface area (Å²) in [6.45, 7) is 1.43. The van der Waals surface area contributed by atoms with E-state index in [1.54, 1.807) is 0 Å². The number of rotatable bonds is 4. The molecule has 4 nitrogen and oxygen atoms in total. The van der Waals surface area contributed by atoms with Crippen molar-refractivity contribution < 1.29 is 9.53 Å². The van der Waals surface area contributed by atoms with Crippen molar-refractivity contribution >= 4 is 11.6 Å². The molecule has 17 heavy (non-hydrogen) atoms. The van der Waals surface area contributed by atoms with Gasteiger partial charge in [-0.1, -0.05) is 18.2 Å². The molecule has 1 atom stereocenters. The van der Waals surface area contributed by atoms with E-state index in [-0.39, 0.29) is 12.0 Å². The van der Waals surface area contributed by atoms with Crippen molar-refractivity contribution in [3.63, 3.8) is 0 Å². The molecule has 0 aliphatic carbocycles. The quantitative estimate of drug-likeness (QED) is 0.830. The van der Waals surface area contributed by atoms with Gasteiger partial charge in [0.15, 0.2) is 0 Å². The standard InChI is InChI=1S/C13H18N2O2/c1-14-9-10-5-2-3-6-11(10)15-13(16)12-7-4-8-17-12/h2-3,5-6,12,14H,4,7-9H2,1H3,(H,15,16)/t12-/m1/s1. The van der Waals surface area contributed by atoms with Crippen LogP contribution in [-0.2, 0) is 16.1 Å². The molecule has 2 N–H and O–H groups in total. The molecule has 1 saturated heterocycles. The van der Waals surface area contributed by atoms with Gasteiger partial charge in [0.05, 0.1) is 0 Å². The summed E-state index contributed by atoms with van der Waals surface area (Å²) in [5.74, 6) is -0.0361. The SMILES string of the molecule is CNCc1ccccc1NC(=O)[C@H]1CCCO1. The predicted molar refractivity (Wildman–Crippen MR) is 66.8 cm³/mol. The smallest absolute Gasteiger partial charge is 0.253 e. The van der Waals surface area contributed by atoms with Crippen LogP contribution < -0.4 is 10.6 Å². The minimum absolute atomic E-state index is 0.0361. The number of carbonyl (C=O) groups is 1. The van der Waals surface area contributed by atoms with Gasteiger partial charge in [-0.2, -0.15) is 0 Å². The Bertz CT molecular complexity index is 387. The summed E-state index contributed by atoms with van der Waals surface area (Å²) in [4.78, 5) is 11.9. The first kappa shape index (κ1) is 12.1. The Morgan fingerprint density at radius 1 is 1.47 bits per heavy atom. The van der Waals surface area contributed by atoms with E-state index in [2.05, 4.69) is 10.6 Å². The van der Waals surface area contributed by atoms with E-state index >= 15 is 0 Å². The van der Waals surface area contributed by atoms with Crippen molar-refractivity contribution in [2.45, 2.75) is 25.5 Å². The van der Waals surface area contributed by atoms with Crippen molar-refractivity contribution in [3.05, 3.63) is 29.8 Å². The van der Waals surface area contributed by atoms with Gasteiger partial charge in [-0.05, 0) is 31.5 Å². The lowest BCUT2D eigenvalue weighted by atomic mass is 10.1. The lowest BCUT2D eigenvalue weighted by molar-refractivity contribution is -0.124. The third kappa shape index (κ3) is 3.05. The van der Waals surface area contributed by atoms with Crippen LogP contribution in [0.2, 0.25) is 0 Å². The first-order valence-electron chi connectivity index (χ1n) is 5.96. The Morgan fingerprint density at radius 3 is 3.00 bits per heavy atom. The predicted octanol–water partition coefficient (Wildman–Crippen LogP) is 1.52. The highest BCUT2D eigenvalue weighted by atomic mass is 16.5. The number of ether oxygens (including phenoxy) is 1. The van der Waals surface area contributed by atoms with Crippen molar-refractivity contribution in [1.82, 2.24) is 5.32 Å². The average molecular weight is 234 g/mol. The molecule has 0 saturated carbocycles. The summed E-state index contributed by atoms with van der Waals surface area (Å²) >= 11 is 0. The van der Waals surface area contributed by atoms with Crippen LogP contribution in [0.4, 0.5) is 5.69 Å². The van der Waals surface area contributed by atoms with E-state index in [1.807, 2.05) is 31.3 Å². The van der Waals surface area contributed by atoms with Crippen LogP contribution in [-0.4, -0.2) is 25.7 Å². The topological polar surface area (TPSA) is 50.4 Å². The monoisotopic (exact) mass is 234 g/mol. The third-order valence-corrected chi connectivity index (χ3v) is 2.86. The molecule has 92 valence electrons. The second-order valence-corrected chi connectivity index (χ2v) is 4.18. The fraction of sp³-hybridized carbons (Fsp3) is 0.462. The zero-order valence-electron chi connectivity index (χ0n) is 10.0. The minimum atomic E-state index is -0.280. The highest BCUT2D eigenvalue weighted by Gasteiger charge is 2.23. The van der Waals surface area contributed by atoms with Crippen molar-refractivity contribution in [2.75, 3.05) is 19.0 Å². The molecule has 0 unspecified atom stereocenters. The molecule has 0 spiro atoms. The van der Waals surface area contributed by atoms with Gasteiger partial charge in [-0.3, -0.25) is 4.79 Å². The van der Waals surface area contributed by atoms with E-state index in [4.69, 9.17) is 4.74 Å². The normalized spacial score (nSPS) is 19.2. The summed E-state index contributed by atoms with van der Waals surface area (Å²) in [5, 5.41) is 6.02. The first-order valence-corrected chi connectivity index (χ1v) is 5.96. The Morgan fingerprint density at radius 2 is 2.29 bits per heavy atom. The maximum absolute atomic E-state index is 11.9. The summed E-state index contributed by atoms with van der Waals surface area (Å²) in [5.41, 5.74) is 1.95. The van der Waals surface area contributed by atoms with Crippen molar-refractivity contribution in [2.24, 2.45) is 0 Å². The highest BCUT2D eigenvalue weighted by Crippen LogP contribution is 2.18. The zero-order valence-corrected chi connectivity index (χ0v) is 10.0. The number of hydrogen-bond acceptors (Lipinski definition) is 3. The van der Waals surface area contributed by atoms with E-state index in [0.717, 1.165) is 30.6 Å². The second kappa shape index (κ2) is 5.80. The fourth-order valence-electron chi connectivity index (χ4n) is 1.98. The molecule has 1 aliphatic heterocycles. The van der Waals surface area contributed by atoms with Crippen LogP contribution in [0.15, 0.2) is 24.3 Å². The molecule has 1 aliphatic rings. The van der Waals surface area contributed by atoms with E-state index in [9.17, 15) is 4.79 Å². The first-order chi connectivity index (χ1) is 8.31. The number of hydrogen-bond donors (Lipinski definition) is 2. The number of anilines is 1. The molecular weight excluding hydrogens is 216 g/mol. The molecule has 0 bridgehead atoms. The van der Waals surface area contributed by atoms with Gasteiger partial charge >= 0.3 is 0 Å². The maximum atomic E-state index is 11.9. The summed E-state index contributed by atoms with van der Waals surface area (Å²) < 4.78 is 5.36. The molecule has 1 aromatic carbocycles. The van der Waals surface area contributed by atoms with Crippen LogP contribution in [0.1, 0.15) is 18.4 Å². The molecule has 0 radical (unpaired) electrons. The van der Waals surface area contributed by atoms with Crippen molar-refractivity contribution in [1.29, 1.82) is 0 Å². The van der Waals surface area contributed by atoms with Crippen LogP contribution in [0.25, 0.3) is 0 Å². The van der Waals surface area contributed by atoms with Gasteiger partial charge in [0, 0.05) is 18.8 Å². The molecular formula is C13H18N2O2. The van der Waals surface area contributed by atoms with Crippen molar-refractivity contribution in [3.8, 4) is 0 Å². The lowest BCUT2D eigenvalue weighted by Crippen LogP contribution is -2.27. The fourth-order valence-corrected chi connectivity index (χ4v) is 1.98. The van der Waals surface area contributed by atoms with E-state index < -0.39 is 0 Å². The Hall–Kier alpha value is -1.39. The van der Waals surface area contributed by atoms with Gasteiger partial charge in [0.1, 0.15) is 6.10 Å². The highest BCUT2D eigenvalue weighted by molar-refractivity contribution is 5.94. The third-order valence-electron chi connectivity index (χ3n) is 2.86. The second-order valence-electron chi connectivity index (χ2n) is 4.18. The number of para-hydroxylation sites is 1. The Labute approximate surface area is 101 Å². The van der Waals surface area contributed by atoms with Gasteiger partial charge < -0.3 is 15.4 Å². The number of amides is 1. The minimum Gasteiger partial charge on any atom is -0.368 e. The van der Waals surface area contributed by atoms with Gasteiger partial charge in [-0.15, -0.1) is 0 Å². The molecule has 4 heteroatoms. The largest absolute Gasteiger partial charge is 0.368 e. The number of nitrogens with one attached hydrogen (secondary N) is 2. The molecule has 2 rings (SSSR count). The maximum Gasteiger partial charge on any atom is 0.253 e.